The molecule has 2 N–H and O–H groups in total. The monoisotopic (exact) mass is 232 g/mol. The fourth-order valence-corrected chi connectivity index (χ4v) is 1.12. The second-order valence-corrected chi connectivity index (χ2v) is 3.61. The van der Waals surface area contributed by atoms with Gasteiger partial charge in [0.15, 0.2) is 0 Å². The Morgan fingerprint density at radius 2 is 1.94 bits per heavy atom. The lowest BCUT2D eigenvalue weighted by Gasteiger charge is -2.26. The number of carbonyl (C=O) groups excluding carboxylic acids is 1. The molecule has 0 radical (unpaired) electrons. The standard InChI is InChI=1S/C11H20O5/c1-3-11(8-12,9-13)6-4-5-7-16-10(14)15-2/h4-5,12-13H,3,6-9H2,1-2H3/b5-4+. The summed E-state index contributed by atoms with van der Waals surface area (Å²) in [6.45, 7) is 1.90. The zero-order chi connectivity index (χ0) is 12.4. The average molecular weight is 232 g/mol. The van der Waals surface area contributed by atoms with Gasteiger partial charge >= 0.3 is 6.16 Å². The number of aliphatic hydroxyl groups excluding tert-OH is 2. The van der Waals surface area contributed by atoms with Gasteiger partial charge < -0.3 is 19.7 Å². The third kappa shape index (κ3) is 5.14. The summed E-state index contributed by atoms with van der Waals surface area (Å²) >= 11 is 0. The highest BCUT2D eigenvalue weighted by atomic mass is 16.7. The Balaban J connectivity index is 3.92. The van der Waals surface area contributed by atoms with Crippen molar-refractivity contribution in [1.29, 1.82) is 0 Å². The van der Waals surface area contributed by atoms with Gasteiger partial charge in [0, 0.05) is 5.41 Å². The molecule has 0 aliphatic heterocycles. The van der Waals surface area contributed by atoms with Crippen LogP contribution in [-0.2, 0) is 9.47 Å². The van der Waals surface area contributed by atoms with Crippen LogP contribution in [0.3, 0.4) is 0 Å². The summed E-state index contributed by atoms with van der Waals surface area (Å²) in [6, 6.07) is 0. The van der Waals surface area contributed by atoms with Gasteiger partial charge in [-0.2, -0.15) is 0 Å². The van der Waals surface area contributed by atoms with Crippen molar-refractivity contribution in [3.8, 4) is 0 Å². The van der Waals surface area contributed by atoms with Crippen molar-refractivity contribution in [2.24, 2.45) is 5.41 Å². The van der Waals surface area contributed by atoms with Crippen LogP contribution in [0, 0.1) is 5.41 Å². The maximum Gasteiger partial charge on any atom is 0.508 e. The number of aliphatic hydroxyl groups is 2. The second-order valence-electron chi connectivity index (χ2n) is 3.61. The summed E-state index contributed by atoms with van der Waals surface area (Å²) < 4.78 is 8.92. The van der Waals surface area contributed by atoms with Gasteiger partial charge in [-0.15, -0.1) is 0 Å². The molecule has 0 spiro atoms. The predicted molar refractivity (Wildman–Crippen MR) is 59.0 cm³/mol. The van der Waals surface area contributed by atoms with E-state index in [9.17, 15) is 4.79 Å². The molecule has 0 atom stereocenters. The van der Waals surface area contributed by atoms with Crippen LogP contribution in [0.25, 0.3) is 0 Å². The maximum absolute atomic E-state index is 10.6. The Hall–Kier alpha value is -1.07. The Kier molecular flexibility index (Phi) is 7.58. The first kappa shape index (κ1) is 14.9. The van der Waals surface area contributed by atoms with Crippen LogP contribution >= 0.6 is 0 Å². The van der Waals surface area contributed by atoms with E-state index in [2.05, 4.69) is 9.47 Å². The Bertz CT molecular complexity index is 212. The van der Waals surface area contributed by atoms with E-state index < -0.39 is 11.6 Å². The number of ether oxygens (including phenoxy) is 2. The topological polar surface area (TPSA) is 76.0 Å². The highest BCUT2D eigenvalue weighted by molar-refractivity contribution is 5.59. The third-order valence-corrected chi connectivity index (χ3v) is 2.60. The molecule has 0 amide bonds. The van der Waals surface area contributed by atoms with E-state index >= 15 is 0 Å². The molecule has 0 aromatic heterocycles. The molecule has 0 aliphatic rings. The SMILES string of the molecule is CCC(CO)(CO)C/C=C/COC(=O)OC. The van der Waals surface area contributed by atoms with Gasteiger partial charge in [0.1, 0.15) is 6.61 Å². The molecular weight excluding hydrogens is 212 g/mol. The summed E-state index contributed by atoms with van der Waals surface area (Å²) in [4.78, 5) is 10.6. The number of hydrogen-bond donors (Lipinski definition) is 2. The fraction of sp³-hybridized carbons (Fsp3) is 0.727. The van der Waals surface area contributed by atoms with E-state index in [1.807, 2.05) is 6.92 Å². The normalized spacial score (nSPS) is 11.8. The molecule has 0 aromatic rings. The van der Waals surface area contributed by atoms with Crippen LogP contribution < -0.4 is 0 Å². The van der Waals surface area contributed by atoms with Gasteiger partial charge in [0.2, 0.25) is 0 Å². The minimum absolute atomic E-state index is 0.0673. The van der Waals surface area contributed by atoms with Gasteiger partial charge in [0.05, 0.1) is 20.3 Å². The van der Waals surface area contributed by atoms with Gasteiger partial charge in [-0.05, 0) is 12.8 Å². The van der Waals surface area contributed by atoms with Crippen molar-refractivity contribution in [3.63, 3.8) is 0 Å². The first-order valence-electron chi connectivity index (χ1n) is 5.21. The predicted octanol–water partition coefficient (Wildman–Crippen LogP) is 1.10. The lowest BCUT2D eigenvalue weighted by Crippen LogP contribution is -2.28. The summed E-state index contributed by atoms with van der Waals surface area (Å²) in [6.07, 6.45) is 3.94. The van der Waals surface area contributed by atoms with Crippen molar-refractivity contribution in [2.75, 3.05) is 26.9 Å². The van der Waals surface area contributed by atoms with Crippen molar-refractivity contribution in [2.45, 2.75) is 19.8 Å². The number of rotatable bonds is 7. The molecule has 0 saturated carbocycles. The minimum Gasteiger partial charge on any atom is -0.438 e. The number of allylic oxidation sites excluding steroid dienone is 1. The molecule has 0 saturated heterocycles. The van der Waals surface area contributed by atoms with E-state index in [-0.39, 0.29) is 19.8 Å². The molecular formula is C11H20O5. The highest BCUT2D eigenvalue weighted by Crippen LogP contribution is 2.25. The number of hydrogen-bond acceptors (Lipinski definition) is 5. The molecule has 0 fully saturated rings. The van der Waals surface area contributed by atoms with Crippen molar-refractivity contribution >= 4 is 6.16 Å². The van der Waals surface area contributed by atoms with Crippen molar-refractivity contribution in [1.82, 2.24) is 0 Å². The Morgan fingerprint density at radius 3 is 2.38 bits per heavy atom. The molecule has 5 heteroatoms. The van der Waals surface area contributed by atoms with E-state index in [1.54, 1.807) is 12.2 Å². The van der Waals surface area contributed by atoms with Gasteiger partial charge in [0.25, 0.3) is 0 Å². The Morgan fingerprint density at radius 1 is 1.31 bits per heavy atom. The number of carbonyl (C=O) groups is 1. The molecule has 0 bridgehead atoms. The van der Waals surface area contributed by atoms with Crippen molar-refractivity contribution < 1.29 is 24.5 Å². The summed E-state index contributed by atoms with van der Waals surface area (Å²) in [5, 5.41) is 18.3. The largest absolute Gasteiger partial charge is 0.508 e. The molecule has 0 unspecified atom stereocenters. The van der Waals surface area contributed by atoms with E-state index in [4.69, 9.17) is 10.2 Å². The van der Waals surface area contributed by atoms with E-state index in [0.717, 1.165) is 0 Å². The van der Waals surface area contributed by atoms with Crippen LogP contribution in [0.15, 0.2) is 12.2 Å². The number of methoxy groups -OCH3 is 1. The van der Waals surface area contributed by atoms with Crippen LogP contribution in [0.5, 0.6) is 0 Å². The molecule has 0 aromatic carbocycles. The van der Waals surface area contributed by atoms with Crippen LogP contribution in [0.2, 0.25) is 0 Å². The smallest absolute Gasteiger partial charge is 0.438 e. The summed E-state index contributed by atoms with van der Waals surface area (Å²) in [5.74, 6) is 0. The zero-order valence-corrected chi connectivity index (χ0v) is 9.81. The Labute approximate surface area is 95.7 Å². The third-order valence-electron chi connectivity index (χ3n) is 2.60. The van der Waals surface area contributed by atoms with Gasteiger partial charge in [-0.3, -0.25) is 0 Å². The lowest BCUT2D eigenvalue weighted by atomic mass is 9.83. The quantitative estimate of drug-likeness (QED) is 0.507. The minimum atomic E-state index is -0.726. The fourth-order valence-electron chi connectivity index (χ4n) is 1.12. The first-order chi connectivity index (χ1) is 7.64. The molecule has 5 nitrogen and oxygen atoms in total. The van der Waals surface area contributed by atoms with Crippen molar-refractivity contribution in [3.05, 3.63) is 12.2 Å². The van der Waals surface area contributed by atoms with Gasteiger partial charge in [-0.1, -0.05) is 19.1 Å². The van der Waals surface area contributed by atoms with E-state index in [0.29, 0.717) is 12.8 Å². The second kappa shape index (κ2) is 8.13. The zero-order valence-electron chi connectivity index (χ0n) is 9.81. The van der Waals surface area contributed by atoms with Gasteiger partial charge in [-0.25, -0.2) is 4.79 Å². The van der Waals surface area contributed by atoms with Crippen LogP contribution in [0.1, 0.15) is 19.8 Å². The molecule has 94 valence electrons. The first-order valence-corrected chi connectivity index (χ1v) is 5.21. The maximum atomic E-state index is 10.6. The van der Waals surface area contributed by atoms with Crippen LogP contribution in [-0.4, -0.2) is 43.3 Å². The molecule has 16 heavy (non-hydrogen) atoms. The molecule has 0 heterocycles. The average Bonchev–Trinajstić information content (AvgIpc) is 2.34. The molecule has 0 aliphatic carbocycles. The van der Waals surface area contributed by atoms with Crippen LogP contribution in [0.4, 0.5) is 4.79 Å². The molecule has 0 rings (SSSR count). The lowest BCUT2D eigenvalue weighted by molar-refractivity contribution is 0.0532. The summed E-state index contributed by atoms with van der Waals surface area (Å²) in [7, 11) is 1.24. The highest BCUT2D eigenvalue weighted by Gasteiger charge is 2.24. The van der Waals surface area contributed by atoms with E-state index in [1.165, 1.54) is 7.11 Å². The summed E-state index contributed by atoms with van der Waals surface area (Å²) in [5.41, 5.74) is -0.484.